The van der Waals surface area contributed by atoms with Gasteiger partial charge in [0.25, 0.3) is 0 Å². The van der Waals surface area contributed by atoms with Gasteiger partial charge in [-0.15, -0.1) is 0 Å². The Balaban J connectivity index is 1.99. The van der Waals surface area contributed by atoms with Gasteiger partial charge in [0.05, 0.1) is 0 Å². The van der Waals surface area contributed by atoms with Crippen molar-refractivity contribution in [3.63, 3.8) is 0 Å². The van der Waals surface area contributed by atoms with E-state index >= 15 is 0 Å². The van der Waals surface area contributed by atoms with Gasteiger partial charge in [-0.2, -0.15) is 0 Å². The lowest BCUT2D eigenvalue weighted by Crippen LogP contribution is -2.21. The Kier molecular flexibility index (Phi) is 4.46. The van der Waals surface area contributed by atoms with Crippen LogP contribution in [0.4, 0.5) is 5.69 Å². The van der Waals surface area contributed by atoms with Crippen molar-refractivity contribution in [2.75, 3.05) is 18.4 Å². The van der Waals surface area contributed by atoms with Gasteiger partial charge in [-0.25, -0.2) is 0 Å². The molecule has 0 aliphatic carbocycles. The smallest absolute Gasteiger partial charge is 0.0353 e. The highest BCUT2D eigenvalue weighted by molar-refractivity contribution is 14.1. The Labute approximate surface area is 111 Å². The molecule has 2 N–H and O–H groups in total. The van der Waals surface area contributed by atoms with E-state index in [1.54, 1.807) is 0 Å². The van der Waals surface area contributed by atoms with E-state index in [9.17, 15) is 0 Å². The van der Waals surface area contributed by atoms with Crippen LogP contribution < -0.4 is 10.6 Å². The number of aryl methyl sites for hydroxylation is 1. The van der Waals surface area contributed by atoms with Crippen LogP contribution in [-0.2, 0) is 0 Å². The monoisotopic (exact) mass is 330 g/mol. The first kappa shape index (κ1) is 12.2. The van der Waals surface area contributed by atoms with Gasteiger partial charge in [0, 0.05) is 15.3 Å². The van der Waals surface area contributed by atoms with Gasteiger partial charge >= 0.3 is 0 Å². The number of nitrogens with one attached hydrogen (secondary N) is 2. The van der Waals surface area contributed by atoms with Crippen molar-refractivity contribution in [3.05, 3.63) is 27.3 Å². The van der Waals surface area contributed by atoms with Crippen LogP contribution in [0.1, 0.15) is 24.8 Å². The van der Waals surface area contributed by atoms with E-state index in [0.717, 1.165) is 6.54 Å². The molecule has 2 rings (SSSR count). The molecule has 1 aliphatic heterocycles. The molecule has 1 atom stereocenters. The summed E-state index contributed by atoms with van der Waals surface area (Å²) >= 11 is 2.40. The van der Waals surface area contributed by atoms with Crippen LogP contribution >= 0.6 is 22.6 Å². The molecule has 16 heavy (non-hydrogen) atoms. The summed E-state index contributed by atoms with van der Waals surface area (Å²) in [6, 6.07) is 7.26. The van der Waals surface area contributed by atoms with E-state index in [0.29, 0.717) is 6.04 Å². The van der Waals surface area contributed by atoms with E-state index in [1.807, 2.05) is 0 Å². The van der Waals surface area contributed by atoms with E-state index in [1.165, 1.54) is 40.6 Å². The molecule has 3 heteroatoms. The van der Waals surface area contributed by atoms with Crippen molar-refractivity contribution >= 4 is 28.3 Å². The minimum absolute atomic E-state index is 0.633. The molecule has 0 saturated carbocycles. The summed E-state index contributed by atoms with van der Waals surface area (Å²) in [5.74, 6) is 0. The van der Waals surface area contributed by atoms with Gasteiger partial charge in [0.1, 0.15) is 0 Å². The zero-order valence-corrected chi connectivity index (χ0v) is 11.9. The third-order valence-electron chi connectivity index (χ3n) is 3.12. The van der Waals surface area contributed by atoms with E-state index in [2.05, 4.69) is 58.3 Å². The fourth-order valence-electron chi connectivity index (χ4n) is 2.08. The molecule has 1 unspecified atom stereocenters. The summed E-state index contributed by atoms with van der Waals surface area (Å²) < 4.78 is 1.34. The Hall–Kier alpha value is -0.290. The molecule has 0 aromatic heterocycles. The maximum absolute atomic E-state index is 3.64. The van der Waals surface area contributed by atoms with Crippen LogP contribution in [0.15, 0.2) is 18.2 Å². The summed E-state index contributed by atoms with van der Waals surface area (Å²) in [5.41, 5.74) is 2.62. The van der Waals surface area contributed by atoms with Gasteiger partial charge in [-0.1, -0.05) is 6.07 Å². The van der Waals surface area contributed by atoms with Gasteiger partial charge < -0.3 is 10.6 Å². The molecule has 0 bridgehead atoms. The summed E-state index contributed by atoms with van der Waals surface area (Å²) in [5, 5.41) is 7.09. The second-order valence-corrected chi connectivity index (χ2v) is 5.65. The fourth-order valence-corrected chi connectivity index (χ4v) is 2.60. The van der Waals surface area contributed by atoms with Crippen LogP contribution in [-0.4, -0.2) is 19.1 Å². The highest BCUT2D eigenvalue weighted by atomic mass is 127. The Morgan fingerprint density at radius 2 is 2.19 bits per heavy atom. The van der Waals surface area contributed by atoms with Crippen molar-refractivity contribution in [1.29, 1.82) is 0 Å². The fraction of sp³-hybridized carbons (Fsp3) is 0.538. The predicted molar refractivity (Wildman–Crippen MR) is 78.0 cm³/mol. The van der Waals surface area contributed by atoms with Crippen LogP contribution in [0.3, 0.4) is 0 Å². The van der Waals surface area contributed by atoms with Crippen LogP contribution in [0.5, 0.6) is 0 Å². The lowest BCUT2D eigenvalue weighted by atomic mass is 10.1. The lowest BCUT2D eigenvalue weighted by molar-refractivity contribution is 0.637. The highest BCUT2D eigenvalue weighted by Crippen LogP contribution is 2.19. The minimum Gasteiger partial charge on any atom is -0.382 e. The Bertz CT molecular complexity index is 344. The van der Waals surface area contributed by atoms with Gasteiger partial charge in [0.2, 0.25) is 0 Å². The quantitative estimate of drug-likeness (QED) is 0.814. The molecular formula is C13H19IN2. The van der Waals surface area contributed by atoms with Gasteiger partial charge in [-0.3, -0.25) is 0 Å². The second-order valence-electron chi connectivity index (χ2n) is 4.49. The Morgan fingerprint density at radius 3 is 3.00 bits per heavy atom. The first-order valence-electron chi connectivity index (χ1n) is 5.99. The van der Waals surface area contributed by atoms with Crippen LogP contribution in [0.2, 0.25) is 0 Å². The highest BCUT2D eigenvalue weighted by Gasteiger charge is 2.11. The van der Waals surface area contributed by atoms with Crippen LogP contribution in [0, 0.1) is 10.5 Å². The zero-order valence-electron chi connectivity index (χ0n) is 9.72. The van der Waals surface area contributed by atoms with Gasteiger partial charge in [0.15, 0.2) is 0 Å². The van der Waals surface area contributed by atoms with Crippen molar-refractivity contribution < 1.29 is 0 Å². The normalized spacial score (nSPS) is 21.5. The maximum Gasteiger partial charge on any atom is 0.0353 e. The van der Waals surface area contributed by atoms with Crippen molar-refractivity contribution in [2.45, 2.75) is 32.2 Å². The summed E-state index contributed by atoms with van der Waals surface area (Å²) in [6.45, 7) is 4.46. The molecule has 1 aliphatic rings. The zero-order chi connectivity index (χ0) is 11.4. The molecule has 1 saturated heterocycles. The van der Waals surface area contributed by atoms with Crippen molar-refractivity contribution in [3.8, 4) is 0 Å². The molecule has 1 aromatic carbocycles. The molecule has 0 amide bonds. The third-order valence-corrected chi connectivity index (χ3v) is 4.28. The van der Waals surface area contributed by atoms with E-state index in [4.69, 9.17) is 0 Å². The summed E-state index contributed by atoms with van der Waals surface area (Å²) in [7, 11) is 0. The summed E-state index contributed by atoms with van der Waals surface area (Å²) in [4.78, 5) is 0. The number of rotatable bonds is 2. The van der Waals surface area contributed by atoms with E-state index < -0.39 is 0 Å². The average molecular weight is 330 g/mol. The van der Waals surface area contributed by atoms with Gasteiger partial charge in [-0.05, 0) is 79.6 Å². The maximum atomic E-state index is 3.64. The third kappa shape index (κ3) is 3.35. The molecule has 0 spiro atoms. The minimum atomic E-state index is 0.633. The number of benzene rings is 1. The molecule has 1 fully saturated rings. The molecular weight excluding hydrogens is 311 g/mol. The Morgan fingerprint density at radius 1 is 1.31 bits per heavy atom. The first-order valence-corrected chi connectivity index (χ1v) is 7.07. The standard InChI is InChI=1S/C13H19IN2/c1-10-4-5-12(9-13(10)14)16-11-3-2-7-15-8-6-11/h4-5,9,11,15-16H,2-3,6-8H2,1H3. The molecule has 88 valence electrons. The van der Waals surface area contributed by atoms with Crippen molar-refractivity contribution in [2.24, 2.45) is 0 Å². The predicted octanol–water partition coefficient (Wildman–Crippen LogP) is 3.15. The molecule has 0 radical (unpaired) electrons. The number of halogens is 1. The average Bonchev–Trinajstić information content (AvgIpc) is 2.52. The largest absolute Gasteiger partial charge is 0.382 e. The van der Waals surface area contributed by atoms with Crippen LogP contribution in [0.25, 0.3) is 0 Å². The second kappa shape index (κ2) is 5.87. The summed E-state index contributed by atoms with van der Waals surface area (Å²) in [6.07, 6.45) is 3.78. The molecule has 1 heterocycles. The van der Waals surface area contributed by atoms with E-state index in [-0.39, 0.29) is 0 Å². The SMILES string of the molecule is Cc1ccc(NC2CCCNCC2)cc1I. The lowest BCUT2D eigenvalue weighted by Gasteiger charge is -2.17. The topological polar surface area (TPSA) is 24.1 Å². The first-order chi connectivity index (χ1) is 7.75. The number of hydrogen-bond donors (Lipinski definition) is 2. The molecule has 2 nitrogen and oxygen atoms in total. The van der Waals surface area contributed by atoms with Crippen molar-refractivity contribution in [1.82, 2.24) is 5.32 Å². The number of anilines is 1. The number of hydrogen-bond acceptors (Lipinski definition) is 2. The molecule has 1 aromatic rings.